The minimum absolute atomic E-state index is 0.0125. The summed E-state index contributed by atoms with van der Waals surface area (Å²) < 4.78 is 1.06. The van der Waals surface area contributed by atoms with E-state index < -0.39 is 0 Å². The van der Waals surface area contributed by atoms with Crippen LogP contribution in [0.4, 0.5) is 0 Å². The Labute approximate surface area is 157 Å². The lowest BCUT2D eigenvalue weighted by Gasteiger charge is -2.23. The van der Waals surface area contributed by atoms with Crippen molar-refractivity contribution in [2.45, 2.75) is 40.2 Å². The number of nitrogens with one attached hydrogen (secondary N) is 1. The maximum atomic E-state index is 12.9. The lowest BCUT2D eigenvalue weighted by molar-refractivity contribution is 0.0864. The molecule has 0 aliphatic rings. The molecule has 0 aliphatic heterocycles. The molecule has 2 aromatic rings. The number of rotatable bonds is 7. The fourth-order valence-electron chi connectivity index (χ4n) is 3.08. The van der Waals surface area contributed by atoms with Crippen molar-refractivity contribution in [2.75, 3.05) is 13.6 Å². The molecule has 1 aromatic carbocycles. The predicted molar refractivity (Wildman–Crippen MR) is 105 cm³/mol. The first-order valence-corrected chi connectivity index (χ1v) is 9.20. The van der Waals surface area contributed by atoms with Crippen LogP contribution in [-0.2, 0) is 6.42 Å². The molecule has 0 bridgehead atoms. The molecule has 0 saturated heterocycles. The Morgan fingerprint density at radius 2 is 1.80 bits per heavy atom. The lowest BCUT2D eigenvalue weighted by atomic mass is 10.0. The highest BCUT2D eigenvalue weighted by atomic mass is 79.9. The Morgan fingerprint density at radius 3 is 2.32 bits per heavy atom. The molecule has 1 aromatic heterocycles. The third-order valence-corrected chi connectivity index (χ3v) is 5.27. The second kappa shape index (κ2) is 8.11. The largest absolute Gasteiger partial charge is 0.355 e. The Bertz CT molecular complexity index is 778. The summed E-state index contributed by atoms with van der Waals surface area (Å²) in [4.78, 5) is 29.8. The number of benzene rings is 1. The molecule has 0 fully saturated rings. The Balaban J connectivity index is 2.07. The van der Waals surface area contributed by atoms with Gasteiger partial charge in [-0.25, -0.2) is 0 Å². The third kappa shape index (κ3) is 4.47. The average molecular weight is 405 g/mol. The molecule has 1 atom stereocenters. The number of likely N-dealkylation sites (N-methyl/N-ethyl adjacent to an activating group) is 1. The number of aromatic nitrogens is 1. The molecular formula is C20H25BrN2O2. The van der Waals surface area contributed by atoms with Gasteiger partial charge in [0, 0.05) is 22.3 Å². The number of hydrogen-bond acceptors (Lipinski definition) is 3. The molecule has 0 radical (unpaired) electrons. The number of halogens is 1. The Hall–Kier alpha value is -1.72. The first-order chi connectivity index (χ1) is 11.7. The Kier molecular flexibility index (Phi) is 6.36. The first-order valence-electron chi connectivity index (χ1n) is 8.41. The van der Waals surface area contributed by atoms with Gasteiger partial charge in [0.05, 0.1) is 11.7 Å². The molecule has 2 rings (SSSR count). The van der Waals surface area contributed by atoms with Gasteiger partial charge in [-0.05, 0) is 64.4 Å². The van der Waals surface area contributed by atoms with Crippen LogP contribution in [0.15, 0.2) is 28.7 Å². The zero-order chi connectivity index (χ0) is 18.7. The number of H-pyrrole nitrogens is 1. The lowest BCUT2D eigenvalue weighted by Crippen LogP contribution is -2.37. The first kappa shape index (κ1) is 19.6. The highest BCUT2D eigenvalue weighted by molar-refractivity contribution is 9.10. The van der Waals surface area contributed by atoms with Crippen LogP contribution >= 0.6 is 15.9 Å². The number of nitrogens with zero attached hydrogens (tertiary/aromatic N) is 1. The van der Waals surface area contributed by atoms with Crippen molar-refractivity contribution < 1.29 is 9.59 Å². The molecule has 0 spiro atoms. The molecule has 1 N–H and O–H groups in total. The van der Waals surface area contributed by atoms with Crippen molar-refractivity contribution in [1.29, 1.82) is 0 Å². The number of aromatic amines is 1. The molecule has 134 valence electrons. The van der Waals surface area contributed by atoms with E-state index >= 15 is 0 Å². The summed E-state index contributed by atoms with van der Waals surface area (Å²) in [6.45, 7) is 7.90. The zero-order valence-electron chi connectivity index (χ0n) is 15.4. The van der Waals surface area contributed by atoms with Crippen LogP contribution in [0.5, 0.6) is 0 Å². The summed E-state index contributed by atoms with van der Waals surface area (Å²) in [6, 6.07) is 7.97. The van der Waals surface area contributed by atoms with E-state index in [0.29, 0.717) is 11.3 Å². The SMILES string of the molecule is CC(=O)c1c(C)[nH]c(C(=O)C(C)N(C)CCc2ccc(Br)cc2)c1C. The second-order valence-electron chi connectivity index (χ2n) is 6.58. The van der Waals surface area contributed by atoms with Crippen LogP contribution in [0.2, 0.25) is 0 Å². The number of Topliss-reactive ketones (excluding diaryl/α,β-unsaturated/α-hetero) is 2. The standard InChI is InChI=1S/C20H25BrN2O2/c1-12-18(15(4)24)13(2)22-19(12)20(25)14(3)23(5)11-10-16-6-8-17(21)9-7-16/h6-9,14,22H,10-11H2,1-5H3. The van der Waals surface area contributed by atoms with E-state index in [9.17, 15) is 9.59 Å². The minimum atomic E-state index is -0.257. The van der Waals surface area contributed by atoms with Crippen molar-refractivity contribution in [3.8, 4) is 0 Å². The molecule has 4 nitrogen and oxygen atoms in total. The fourth-order valence-corrected chi connectivity index (χ4v) is 3.35. The highest BCUT2D eigenvalue weighted by Gasteiger charge is 2.25. The van der Waals surface area contributed by atoms with E-state index in [0.717, 1.165) is 28.7 Å². The van der Waals surface area contributed by atoms with E-state index in [1.165, 1.54) is 12.5 Å². The minimum Gasteiger partial charge on any atom is -0.355 e. The summed E-state index contributed by atoms with van der Waals surface area (Å²) in [5.41, 5.74) is 3.93. The smallest absolute Gasteiger partial charge is 0.196 e. The zero-order valence-corrected chi connectivity index (χ0v) is 17.0. The normalized spacial score (nSPS) is 12.4. The highest BCUT2D eigenvalue weighted by Crippen LogP contribution is 2.21. The van der Waals surface area contributed by atoms with E-state index in [1.54, 1.807) is 0 Å². The van der Waals surface area contributed by atoms with E-state index in [4.69, 9.17) is 0 Å². The van der Waals surface area contributed by atoms with Crippen LogP contribution in [0, 0.1) is 13.8 Å². The van der Waals surface area contributed by atoms with Crippen LogP contribution in [0.1, 0.15) is 51.5 Å². The number of carbonyl (C=O) groups is 2. The monoisotopic (exact) mass is 404 g/mol. The average Bonchev–Trinajstić information content (AvgIpc) is 2.87. The summed E-state index contributed by atoms with van der Waals surface area (Å²) in [7, 11) is 1.96. The van der Waals surface area contributed by atoms with Gasteiger partial charge >= 0.3 is 0 Å². The van der Waals surface area contributed by atoms with Gasteiger partial charge in [-0.15, -0.1) is 0 Å². The molecule has 1 heterocycles. The quantitative estimate of drug-likeness (QED) is 0.698. The van der Waals surface area contributed by atoms with Gasteiger partial charge in [0.2, 0.25) is 0 Å². The second-order valence-corrected chi connectivity index (χ2v) is 7.49. The molecular weight excluding hydrogens is 380 g/mol. The van der Waals surface area contributed by atoms with Crippen molar-refractivity contribution in [3.63, 3.8) is 0 Å². The van der Waals surface area contributed by atoms with Gasteiger partial charge < -0.3 is 4.98 Å². The predicted octanol–water partition coefficient (Wildman–Crippen LogP) is 4.34. The molecule has 0 amide bonds. The van der Waals surface area contributed by atoms with Gasteiger partial charge in [0.15, 0.2) is 11.6 Å². The third-order valence-electron chi connectivity index (χ3n) is 4.74. The van der Waals surface area contributed by atoms with Gasteiger partial charge in [-0.1, -0.05) is 28.1 Å². The molecule has 25 heavy (non-hydrogen) atoms. The summed E-state index contributed by atoms with van der Waals surface area (Å²) in [6.07, 6.45) is 0.878. The molecule has 1 unspecified atom stereocenters. The number of hydrogen-bond donors (Lipinski definition) is 1. The van der Waals surface area contributed by atoms with Crippen molar-refractivity contribution in [2.24, 2.45) is 0 Å². The number of ketones is 2. The van der Waals surface area contributed by atoms with Crippen LogP contribution in [0.25, 0.3) is 0 Å². The van der Waals surface area contributed by atoms with E-state index in [1.807, 2.05) is 44.9 Å². The van der Waals surface area contributed by atoms with Crippen LogP contribution in [-0.4, -0.2) is 41.1 Å². The maximum Gasteiger partial charge on any atom is 0.196 e. The van der Waals surface area contributed by atoms with Crippen LogP contribution < -0.4 is 0 Å². The topological polar surface area (TPSA) is 53.2 Å². The van der Waals surface area contributed by atoms with Gasteiger partial charge in [0.1, 0.15) is 0 Å². The van der Waals surface area contributed by atoms with Gasteiger partial charge in [0.25, 0.3) is 0 Å². The summed E-state index contributed by atoms with van der Waals surface area (Å²) >= 11 is 3.44. The summed E-state index contributed by atoms with van der Waals surface area (Å²) in [5, 5.41) is 0. The fraction of sp³-hybridized carbons (Fsp3) is 0.400. The van der Waals surface area contributed by atoms with Crippen LogP contribution in [0.3, 0.4) is 0 Å². The van der Waals surface area contributed by atoms with E-state index in [-0.39, 0.29) is 17.6 Å². The number of carbonyl (C=O) groups excluding carboxylic acids is 2. The molecule has 0 aliphatic carbocycles. The van der Waals surface area contributed by atoms with E-state index in [2.05, 4.69) is 33.0 Å². The number of aryl methyl sites for hydroxylation is 1. The van der Waals surface area contributed by atoms with Gasteiger partial charge in [-0.3, -0.25) is 14.5 Å². The van der Waals surface area contributed by atoms with Gasteiger partial charge in [-0.2, -0.15) is 0 Å². The van der Waals surface area contributed by atoms with Crippen molar-refractivity contribution in [3.05, 3.63) is 56.8 Å². The summed E-state index contributed by atoms with van der Waals surface area (Å²) in [5.74, 6) is 0.00736. The molecule has 0 saturated carbocycles. The molecule has 5 heteroatoms. The Morgan fingerprint density at radius 1 is 1.20 bits per heavy atom. The maximum absolute atomic E-state index is 12.9. The van der Waals surface area contributed by atoms with Crippen molar-refractivity contribution >= 4 is 27.5 Å². The van der Waals surface area contributed by atoms with Crippen molar-refractivity contribution in [1.82, 2.24) is 9.88 Å².